The molecule has 1 aromatic carbocycles. The van der Waals surface area contributed by atoms with Crippen LogP contribution < -0.4 is 10.2 Å². The van der Waals surface area contributed by atoms with Crippen LogP contribution in [0.15, 0.2) is 30.3 Å². The zero-order chi connectivity index (χ0) is 13.8. The zero-order valence-electron chi connectivity index (χ0n) is 12.6. The fourth-order valence-electron chi connectivity index (χ4n) is 3.40. The van der Waals surface area contributed by atoms with Gasteiger partial charge in [0.1, 0.15) is 0 Å². The van der Waals surface area contributed by atoms with Crippen LogP contribution in [0.2, 0.25) is 0 Å². The molecule has 1 N–H and O–H groups in total. The number of hydrogen-bond acceptors (Lipinski definition) is 3. The maximum absolute atomic E-state index is 3.81. The van der Waals surface area contributed by atoms with Crippen LogP contribution >= 0.6 is 0 Å². The van der Waals surface area contributed by atoms with E-state index in [1.165, 1.54) is 51.1 Å². The molecule has 2 aliphatic rings. The van der Waals surface area contributed by atoms with E-state index in [9.17, 15) is 0 Å². The standard InChI is InChI=1S/C17H27N3/c1-19-10-7-15(8-11-19)13-18-16-9-12-20(14-16)17-5-3-2-4-6-17/h2-6,15-16,18H,7-14H2,1H3/t16-/m1/s1. The third kappa shape index (κ3) is 3.53. The van der Waals surface area contributed by atoms with Crippen molar-refractivity contribution in [2.45, 2.75) is 25.3 Å². The molecule has 0 spiro atoms. The van der Waals surface area contributed by atoms with Crippen molar-refractivity contribution in [1.29, 1.82) is 0 Å². The second-order valence-electron chi connectivity index (χ2n) is 6.42. The van der Waals surface area contributed by atoms with E-state index in [0.29, 0.717) is 6.04 Å². The molecular weight excluding hydrogens is 246 g/mol. The topological polar surface area (TPSA) is 18.5 Å². The summed E-state index contributed by atoms with van der Waals surface area (Å²) < 4.78 is 0. The third-order valence-corrected chi connectivity index (χ3v) is 4.84. The largest absolute Gasteiger partial charge is 0.370 e. The number of hydrogen-bond donors (Lipinski definition) is 1. The molecule has 2 heterocycles. The summed E-state index contributed by atoms with van der Waals surface area (Å²) in [6.07, 6.45) is 4.00. The van der Waals surface area contributed by atoms with Gasteiger partial charge in [-0.05, 0) is 64.0 Å². The molecule has 2 saturated heterocycles. The van der Waals surface area contributed by atoms with Crippen molar-refractivity contribution in [3.63, 3.8) is 0 Å². The van der Waals surface area contributed by atoms with Gasteiger partial charge in [0.05, 0.1) is 0 Å². The molecule has 20 heavy (non-hydrogen) atoms. The smallest absolute Gasteiger partial charge is 0.0366 e. The summed E-state index contributed by atoms with van der Waals surface area (Å²) in [5.74, 6) is 0.886. The third-order valence-electron chi connectivity index (χ3n) is 4.84. The molecular formula is C17H27N3. The molecule has 3 nitrogen and oxygen atoms in total. The summed E-state index contributed by atoms with van der Waals surface area (Å²) >= 11 is 0. The average molecular weight is 273 g/mol. The van der Waals surface area contributed by atoms with Crippen LogP contribution in [0.25, 0.3) is 0 Å². The molecule has 2 aliphatic heterocycles. The molecule has 0 aliphatic carbocycles. The van der Waals surface area contributed by atoms with Crippen molar-refractivity contribution < 1.29 is 0 Å². The summed E-state index contributed by atoms with van der Waals surface area (Å²) in [6, 6.07) is 11.5. The first kappa shape index (κ1) is 13.9. The van der Waals surface area contributed by atoms with E-state index in [1.807, 2.05) is 0 Å². The summed E-state index contributed by atoms with van der Waals surface area (Å²) in [5, 5.41) is 3.81. The van der Waals surface area contributed by atoms with Crippen molar-refractivity contribution in [3.05, 3.63) is 30.3 Å². The average Bonchev–Trinajstić information content (AvgIpc) is 2.97. The van der Waals surface area contributed by atoms with Crippen LogP contribution in [0.5, 0.6) is 0 Å². The van der Waals surface area contributed by atoms with Gasteiger partial charge in [-0.3, -0.25) is 0 Å². The van der Waals surface area contributed by atoms with Crippen LogP contribution in [0.3, 0.4) is 0 Å². The van der Waals surface area contributed by atoms with Crippen molar-refractivity contribution >= 4 is 5.69 Å². The second kappa shape index (κ2) is 6.59. The van der Waals surface area contributed by atoms with Gasteiger partial charge in [-0.2, -0.15) is 0 Å². The van der Waals surface area contributed by atoms with Crippen LogP contribution in [0.1, 0.15) is 19.3 Å². The highest BCUT2D eigenvalue weighted by Crippen LogP contribution is 2.20. The number of benzene rings is 1. The first-order chi connectivity index (χ1) is 9.81. The highest BCUT2D eigenvalue weighted by molar-refractivity contribution is 5.47. The molecule has 1 aromatic rings. The number of para-hydroxylation sites is 1. The summed E-state index contributed by atoms with van der Waals surface area (Å²) in [4.78, 5) is 4.95. The molecule has 2 fully saturated rings. The number of rotatable bonds is 4. The zero-order valence-corrected chi connectivity index (χ0v) is 12.6. The highest BCUT2D eigenvalue weighted by Gasteiger charge is 2.24. The summed E-state index contributed by atoms with van der Waals surface area (Å²) in [7, 11) is 2.23. The second-order valence-corrected chi connectivity index (χ2v) is 6.42. The molecule has 0 bridgehead atoms. The predicted octanol–water partition coefficient (Wildman–Crippen LogP) is 2.20. The lowest BCUT2D eigenvalue weighted by atomic mass is 9.97. The Kier molecular flexibility index (Phi) is 4.58. The van der Waals surface area contributed by atoms with Gasteiger partial charge in [0.25, 0.3) is 0 Å². The first-order valence-electron chi connectivity index (χ1n) is 8.03. The van der Waals surface area contributed by atoms with Crippen LogP contribution in [-0.4, -0.2) is 50.7 Å². The Labute approximate surface area is 123 Å². The van der Waals surface area contributed by atoms with Gasteiger partial charge < -0.3 is 15.1 Å². The number of piperidine rings is 1. The van der Waals surface area contributed by atoms with Crippen molar-refractivity contribution in [3.8, 4) is 0 Å². The Balaban J connectivity index is 1.42. The minimum Gasteiger partial charge on any atom is -0.370 e. The van der Waals surface area contributed by atoms with E-state index in [4.69, 9.17) is 0 Å². The van der Waals surface area contributed by atoms with Crippen molar-refractivity contribution in [1.82, 2.24) is 10.2 Å². The van der Waals surface area contributed by atoms with E-state index in [-0.39, 0.29) is 0 Å². The number of nitrogens with one attached hydrogen (secondary N) is 1. The molecule has 1 atom stereocenters. The Morgan fingerprint density at radius 1 is 1.05 bits per heavy atom. The number of likely N-dealkylation sites (tertiary alicyclic amines) is 1. The van der Waals surface area contributed by atoms with E-state index in [0.717, 1.165) is 12.5 Å². The minimum atomic E-state index is 0.676. The Morgan fingerprint density at radius 3 is 2.55 bits per heavy atom. The SMILES string of the molecule is CN1CCC(CN[C@@H]2CCN(c3ccccc3)C2)CC1. The van der Waals surface area contributed by atoms with Crippen molar-refractivity contribution in [2.75, 3.05) is 44.7 Å². The van der Waals surface area contributed by atoms with Gasteiger partial charge in [-0.1, -0.05) is 18.2 Å². The molecule has 0 saturated carbocycles. The lowest BCUT2D eigenvalue weighted by Gasteiger charge is -2.30. The van der Waals surface area contributed by atoms with Gasteiger partial charge in [0, 0.05) is 24.8 Å². The van der Waals surface area contributed by atoms with Gasteiger partial charge >= 0.3 is 0 Å². The van der Waals surface area contributed by atoms with Gasteiger partial charge in [0.2, 0.25) is 0 Å². The highest BCUT2D eigenvalue weighted by atomic mass is 15.2. The number of nitrogens with zero attached hydrogens (tertiary/aromatic N) is 2. The Bertz CT molecular complexity index is 398. The normalized spacial score (nSPS) is 25.2. The lowest BCUT2D eigenvalue weighted by molar-refractivity contribution is 0.213. The van der Waals surface area contributed by atoms with E-state index < -0.39 is 0 Å². The lowest BCUT2D eigenvalue weighted by Crippen LogP contribution is -2.39. The van der Waals surface area contributed by atoms with E-state index in [1.54, 1.807) is 0 Å². The van der Waals surface area contributed by atoms with Crippen LogP contribution in [0.4, 0.5) is 5.69 Å². The first-order valence-corrected chi connectivity index (χ1v) is 8.03. The fourth-order valence-corrected chi connectivity index (χ4v) is 3.40. The van der Waals surface area contributed by atoms with Gasteiger partial charge in [-0.25, -0.2) is 0 Å². The monoisotopic (exact) mass is 273 g/mol. The van der Waals surface area contributed by atoms with Crippen LogP contribution in [-0.2, 0) is 0 Å². The predicted molar refractivity (Wildman–Crippen MR) is 85.3 cm³/mol. The quantitative estimate of drug-likeness (QED) is 0.907. The van der Waals surface area contributed by atoms with Gasteiger partial charge in [0.15, 0.2) is 0 Å². The molecule has 3 rings (SSSR count). The maximum atomic E-state index is 3.81. The fraction of sp³-hybridized carbons (Fsp3) is 0.647. The summed E-state index contributed by atoms with van der Waals surface area (Å²) in [5.41, 5.74) is 1.37. The maximum Gasteiger partial charge on any atom is 0.0366 e. The van der Waals surface area contributed by atoms with E-state index >= 15 is 0 Å². The molecule has 0 unspecified atom stereocenters. The Morgan fingerprint density at radius 2 is 1.80 bits per heavy atom. The van der Waals surface area contributed by atoms with E-state index in [2.05, 4.69) is 52.5 Å². The molecule has 0 amide bonds. The Hall–Kier alpha value is -1.06. The van der Waals surface area contributed by atoms with Gasteiger partial charge in [-0.15, -0.1) is 0 Å². The van der Waals surface area contributed by atoms with Crippen LogP contribution in [0, 0.1) is 5.92 Å². The minimum absolute atomic E-state index is 0.676. The molecule has 3 heteroatoms. The molecule has 110 valence electrons. The summed E-state index contributed by atoms with van der Waals surface area (Å²) in [6.45, 7) is 6.10. The molecule has 0 radical (unpaired) electrons. The van der Waals surface area contributed by atoms with Crippen molar-refractivity contribution in [2.24, 2.45) is 5.92 Å². The number of anilines is 1. The molecule has 0 aromatic heterocycles.